The molecule has 4 aromatic rings. The first-order chi connectivity index (χ1) is 15.5. The van der Waals surface area contributed by atoms with Crippen LogP contribution in [0.15, 0.2) is 61.9 Å². The number of aryl methyl sites for hydroxylation is 2. The van der Waals surface area contributed by atoms with Crippen LogP contribution >= 0.6 is 34.4 Å². The van der Waals surface area contributed by atoms with Crippen LogP contribution in [0.3, 0.4) is 0 Å². The number of amides is 1. The molecule has 0 fully saturated rings. The van der Waals surface area contributed by atoms with Gasteiger partial charge in [-0.15, -0.1) is 22.7 Å². The molecule has 2 aromatic carbocycles. The van der Waals surface area contributed by atoms with Gasteiger partial charge in [0.1, 0.15) is 6.61 Å². The van der Waals surface area contributed by atoms with Gasteiger partial charge in [0.25, 0.3) is 5.91 Å². The zero-order valence-electron chi connectivity index (χ0n) is 17.7. The predicted molar refractivity (Wildman–Crippen MR) is 130 cm³/mol. The van der Waals surface area contributed by atoms with E-state index in [4.69, 9.17) is 9.47 Å². The first-order valence-corrected chi connectivity index (χ1v) is 12.4. The Morgan fingerprint density at radius 2 is 2.00 bits per heavy atom. The van der Waals surface area contributed by atoms with E-state index in [1.807, 2.05) is 42.8 Å². The fourth-order valence-electron chi connectivity index (χ4n) is 2.90. The van der Waals surface area contributed by atoms with Crippen molar-refractivity contribution in [1.29, 1.82) is 0 Å². The standard InChI is InChI=1S/C23H21N3O3S3/c1-14-8-18(32-23-25-15(2)11-31-23)5-6-19(14)26-22(27)16-4-7-20(21(9-16)28-3)29-10-17-12-30-13-24-17/h4-9,11-13H,10H2,1-3H3,(H,26,27). The van der Waals surface area contributed by atoms with Crippen molar-refractivity contribution in [1.82, 2.24) is 9.97 Å². The minimum Gasteiger partial charge on any atom is -0.493 e. The molecule has 0 aliphatic carbocycles. The van der Waals surface area contributed by atoms with E-state index in [0.717, 1.165) is 31.9 Å². The molecule has 2 heterocycles. The summed E-state index contributed by atoms with van der Waals surface area (Å²) in [6, 6.07) is 11.1. The number of thiazole rings is 2. The summed E-state index contributed by atoms with van der Waals surface area (Å²) in [5, 5.41) is 6.94. The summed E-state index contributed by atoms with van der Waals surface area (Å²) < 4.78 is 12.2. The third-order valence-corrected chi connectivity index (χ3v) is 7.22. The smallest absolute Gasteiger partial charge is 0.255 e. The molecule has 1 N–H and O–H groups in total. The summed E-state index contributed by atoms with van der Waals surface area (Å²) in [7, 11) is 1.55. The lowest BCUT2D eigenvalue weighted by Crippen LogP contribution is -2.13. The van der Waals surface area contributed by atoms with Crippen molar-refractivity contribution >= 4 is 46.0 Å². The number of rotatable bonds is 8. The Morgan fingerprint density at radius 1 is 1.12 bits per heavy atom. The molecule has 0 aliphatic rings. The predicted octanol–water partition coefficient (Wildman–Crippen LogP) is 6.21. The molecule has 0 spiro atoms. The lowest BCUT2D eigenvalue weighted by atomic mass is 10.1. The minimum atomic E-state index is -0.214. The number of aromatic nitrogens is 2. The molecular weight excluding hydrogens is 462 g/mol. The highest BCUT2D eigenvalue weighted by molar-refractivity contribution is 8.01. The Hall–Kier alpha value is -2.88. The van der Waals surface area contributed by atoms with E-state index in [1.54, 1.807) is 53.9 Å². The summed E-state index contributed by atoms with van der Waals surface area (Å²) in [6.07, 6.45) is 0. The number of hydrogen-bond donors (Lipinski definition) is 1. The molecule has 0 unspecified atom stereocenters. The van der Waals surface area contributed by atoms with E-state index in [-0.39, 0.29) is 5.91 Å². The molecule has 2 aromatic heterocycles. The second-order valence-corrected chi connectivity index (χ2v) is 9.82. The first-order valence-electron chi connectivity index (χ1n) is 9.71. The van der Waals surface area contributed by atoms with Gasteiger partial charge < -0.3 is 14.8 Å². The van der Waals surface area contributed by atoms with Crippen LogP contribution < -0.4 is 14.8 Å². The number of nitrogens with one attached hydrogen (secondary N) is 1. The van der Waals surface area contributed by atoms with Gasteiger partial charge in [0.15, 0.2) is 15.8 Å². The molecule has 4 rings (SSSR count). The topological polar surface area (TPSA) is 73.3 Å². The Morgan fingerprint density at radius 3 is 2.69 bits per heavy atom. The van der Waals surface area contributed by atoms with Gasteiger partial charge in [-0.25, -0.2) is 9.97 Å². The van der Waals surface area contributed by atoms with Crippen LogP contribution in [-0.4, -0.2) is 23.0 Å². The lowest BCUT2D eigenvalue weighted by molar-refractivity contribution is 0.102. The van der Waals surface area contributed by atoms with Gasteiger partial charge in [0.2, 0.25) is 0 Å². The maximum Gasteiger partial charge on any atom is 0.255 e. The highest BCUT2D eigenvalue weighted by Crippen LogP contribution is 2.33. The van der Waals surface area contributed by atoms with Gasteiger partial charge in [0, 0.05) is 32.6 Å². The van der Waals surface area contributed by atoms with E-state index in [0.29, 0.717) is 23.7 Å². The van der Waals surface area contributed by atoms with Crippen LogP contribution in [0, 0.1) is 13.8 Å². The summed E-state index contributed by atoms with van der Waals surface area (Å²) in [4.78, 5) is 22.6. The molecule has 6 nitrogen and oxygen atoms in total. The lowest BCUT2D eigenvalue weighted by Gasteiger charge is -2.13. The summed E-state index contributed by atoms with van der Waals surface area (Å²) in [6.45, 7) is 4.30. The van der Waals surface area contributed by atoms with Crippen molar-refractivity contribution in [2.24, 2.45) is 0 Å². The van der Waals surface area contributed by atoms with Gasteiger partial charge in [0.05, 0.1) is 18.3 Å². The second-order valence-electron chi connectivity index (χ2n) is 6.92. The van der Waals surface area contributed by atoms with Gasteiger partial charge in [-0.2, -0.15) is 0 Å². The maximum absolute atomic E-state index is 12.8. The second kappa shape index (κ2) is 10.2. The molecule has 0 atom stereocenters. The number of anilines is 1. The highest BCUT2D eigenvalue weighted by Gasteiger charge is 2.13. The number of ether oxygens (including phenoxy) is 2. The third-order valence-electron chi connectivity index (χ3n) is 4.53. The number of benzene rings is 2. The Bertz CT molecular complexity index is 1220. The van der Waals surface area contributed by atoms with Crippen molar-refractivity contribution in [3.63, 3.8) is 0 Å². The number of methoxy groups -OCH3 is 1. The van der Waals surface area contributed by atoms with Gasteiger partial charge >= 0.3 is 0 Å². The molecule has 0 saturated heterocycles. The van der Waals surface area contributed by atoms with Gasteiger partial charge in [-0.3, -0.25) is 4.79 Å². The van der Waals surface area contributed by atoms with E-state index in [1.165, 1.54) is 11.3 Å². The van der Waals surface area contributed by atoms with Gasteiger partial charge in [-0.1, -0.05) is 11.8 Å². The molecular formula is C23H21N3O3S3. The van der Waals surface area contributed by atoms with Crippen LogP contribution in [0.4, 0.5) is 5.69 Å². The van der Waals surface area contributed by atoms with Crippen molar-refractivity contribution in [3.05, 3.63) is 75.2 Å². The molecule has 9 heteroatoms. The number of carbonyl (C=O) groups excluding carboxylic acids is 1. The van der Waals surface area contributed by atoms with E-state index < -0.39 is 0 Å². The number of nitrogens with zero attached hydrogens (tertiary/aromatic N) is 2. The van der Waals surface area contributed by atoms with Crippen LogP contribution in [0.5, 0.6) is 11.5 Å². The average Bonchev–Trinajstić information content (AvgIpc) is 3.45. The zero-order chi connectivity index (χ0) is 22.5. The molecule has 1 amide bonds. The largest absolute Gasteiger partial charge is 0.493 e. The first kappa shape index (κ1) is 22.3. The quantitative estimate of drug-likeness (QED) is 0.321. The number of carbonyl (C=O) groups is 1. The van der Waals surface area contributed by atoms with E-state index >= 15 is 0 Å². The van der Waals surface area contributed by atoms with E-state index in [2.05, 4.69) is 15.3 Å². The van der Waals surface area contributed by atoms with E-state index in [9.17, 15) is 4.79 Å². The average molecular weight is 484 g/mol. The van der Waals surface area contributed by atoms with Crippen LogP contribution in [0.25, 0.3) is 0 Å². The Balaban J connectivity index is 1.43. The van der Waals surface area contributed by atoms with Crippen molar-refractivity contribution in [2.75, 3.05) is 12.4 Å². The van der Waals surface area contributed by atoms with Gasteiger partial charge in [-0.05, 0) is 55.8 Å². The highest BCUT2D eigenvalue weighted by atomic mass is 32.2. The van der Waals surface area contributed by atoms with Crippen LogP contribution in [-0.2, 0) is 6.61 Å². The van der Waals surface area contributed by atoms with Crippen molar-refractivity contribution in [3.8, 4) is 11.5 Å². The fourth-order valence-corrected chi connectivity index (χ4v) is 5.36. The molecule has 0 aliphatic heterocycles. The molecule has 0 bridgehead atoms. The Labute approximate surface area is 198 Å². The summed E-state index contributed by atoms with van der Waals surface area (Å²) in [5.74, 6) is 0.843. The molecule has 32 heavy (non-hydrogen) atoms. The summed E-state index contributed by atoms with van der Waals surface area (Å²) >= 11 is 4.76. The minimum absolute atomic E-state index is 0.214. The van der Waals surface area contributed by atoms with Crippen molar-refractivity contribution < 1.29 is 14.3 Å². The molecule has 0 radical (unpaired) electrons. The van der Waals surface area contributed by atoms with Crippen LogP contribution in [0.1, 0.15) is 27.3 Å². The fraction of sp³-hybridized carbons (Fsp3) is 0.174. The Kier molecular flexibility index (Phi) is 7.09. The van der Waals surface area contributed by atoms with Crippen molar-refractivity contribution in [2.45, 2.75) is 29.7 Å². The monoisotopic (exact) mass is 483 g/mol. The zero-order valence-corrected chi connectivity index (χ0v) is 20.2. The summed E-state index contributed by atoms with van der Waals surface area (Å²) in [5.41, 5.74) is 5.86. The third kappa shape index (κ3) is 5.48. The SMILES string of the molecule is COc1cc(C(=O)Nc2ccc(Sc3nc(C)cs3)cc2C)ccc1OCc1cscn1. The normalized spacial score (nSPS) is 10.7. The molecule has 164 valence electrons. The maximum atomic E-state index is 12.8. The number of hydrogen-bond acceptors (Lipinski definition) is 8. The molecule has 0 saturated carbocycles. The van der Waals surface area contributed by atoms with Crippen LogP contribution in [0.2, 0.25) is 0 Å².